The summed E-state index contributed by atoms with van der Waals surface area (Å²) in [6.45, 7) is 0.806. The molecule has 0 atom stereocenters. The highest BCUT2D eigenvalue weighted by molar-refractivity contribution is 7.99. The minimum absolute atomic E-state index is 0.0111. The molecule has 6 nitrogen and oxygen atoms in total. The zero-order valence-electron chi connectivity index (χ0n) is 8.80. The third-order valence-electron chi connectivity index (χ3n) is 2.74. The minimum Gasteiger partial charge on any atom is -0.481 e. The van der Waals surface area contributed by atoms with E-state index in [2.05, 4.69) is 10.2 Å². The van der Waals surface area contributed by atoms with Crippen molar-refractivity contribution in [1.82, 2.24) is 14.8 Å². The van der Waals surface area contributed by atoms with E-state index in [0.717, 1.165) is 18.3 Å². The Bertz CT molecular complexity index is 389. The molecule has 1 heterocycles. The van der Waals surface area contributed by atoms with E-state index in [9.17, 15) is 4.79 Å². The van der Waals surface area contributed by atoms with Crippen LogP contribution >= 0.6 is 11.8 Å². The number of nitrogen functional groups attached to an aromatic ring is 1. The normalized spacial score (nSPS) is 16.0. The largest absolute Gasteiger partial charge is 0.481 e. The van der Waals surface area contributed by atoms with Gasteiger partial charge in [-0.15, -0.1) is 10.2 Å². The molecular formula is C9H14N4O2S. The van der Waals surface area contributed by atoms with Gasteiger partial charge in [-0.3, -0.25) is 9.36 Å². The lowest BCUT2D eigenvalue weighted by molar-refractivity contribution is -0.133. The highest BCUT2D eigenvalue weighted by atomic mass is 32.2. The van der Waals surface area contributed by atoms with Gasteiger partial charge in [0, 0.05) is 6.54 Å². The summed E-state index contributed by atoms with van der Waals surface area (Å²) in [4.78, 5) is 10.5. The molecule has 0 amide bonds. The van der Waals surface area contributed by atoms with Gasteiger partial charge in [-0.25, -0.2) is 0 Å². The summed E-state index contributed by atoms with van der Waals surface area (Å²) in [6, 6.07) is 0. The second kappa shape index (κ2) is 4.73. The van der Waals surface area contributed by atoms with Crippen molar-refractivity contribution < 1.29 is 9.90 Å². The molecule has 0 spiro atoms. The molecule has 88 valence electrons. The van der Waals surface area contributed by atoms with E-state index in [0.29, 0.717) is 17.0 Å². The number of hydrogen-bond acceptors (Lipinski definition) is 5. The highest BCUT2D eigenvalue weighted by Crippen LogP contribution is 2.30. The molecular weight excluding hydrogens is 228 g/mol. The molecule has 0 bridgehead atoms. The second-order valence-corrected chi connectivity index (χ2v) is 4.87. The molecule has 1 aliphatic rings. The average Bonchev–Trinajstić information content (AvgIpc) is 2.50. The number of nitrogens with two attached hydrogens (primary N) is 1. The molecule has 2 rings (SSSR count). The summed E-state index contributed by atoms with van der Waals surface area (Å²) in [7, 11) is 0. The van der Waals surface area contributed by atoms with Gasteiger partial charge in [-0.1, -0.05) is 18.2 Å². The van der Waals surface area contributed by atoms with Gasteiger partial charge in [0.25, 0.3) is 0 Å². The van der Waals surface area contributed by atoms with Gasteiger partial charge in [0.2, 0.25) is 5.95 Å². The number of carboxylic acid groups (broad SMARTS) is 1. The molecule has 0 aromatic carbocycles. The Labute approximate surface area is 97.2 Å². The van der Waals surface area contributed by atoms with Crippen molar-refractivity contribution in [2.24, 2.45) is 5.92 Å². The zero-order valence-corrected chi connectivity index (χ0v) is 9.61. The third kappa shape index (κ3) is 2.46. The Balaban J connectivity index is 2.02. The SMILES string of the molecule is Nc1nnc(SCC(=O)O)n1CC1CCC1. The number of aromatic nitrogens is 3. The molecule has 16 heavy (non-hydrogen) atoms. The van der Waals surface area contributed by atoms with Crippen LogP contribution in [0.5, 0.6) is 0 Å². The Hall–Kier alpha value is -1.24. The van der Waals surface area contributed by atoms with Gasteiger partial charge in [-0.05, 0) is 18.8 Å². The Morgan fingerprint density at radius 3 is 2.88 bits per heavy atom. The van der Waals surface area contributed by atoms with E-state index in [1.165, 1.54) is 19.3 Å². The van der Waals surface area contributed by atoms with Gasteiger partial charge in [-0.2, -0.15) is 0 Å². The molecule has 1 aliphatic carbocycles. The van der Waals surface area contributed by atoms with Crippen LogP contribution < -0.4 is 5.73 Å². The number of thioether (sulfide) groups is 1. The van der Waals surface area contributed by atoms with Crippen LogP contribution in [0.3, 0.4) is 0 Å². The number of carbonyl (C=O) groups is 1. The van der Waals surface area contributed by atoms with E-state index in [1.54, 1.807) is 0 Å². The van der Waals surface area contributed by atoms with Crippen LogP contribution in [0.25, 0.3) is 0 Å². The molecule has 0 radical (unpaired) electrons. The maximum Gasteiger partial charge on any atom is 0.313 e. The highest BCUT2D eigenvalue weighted by Gasteiger charge is 2.21. The van der Waals surface area contributed by atoms with Crippen molar-refractivity contribution in [3.05, 3.63) is 0 Å². The van der Waals surface area contributed by atoms with E-state index in [1.807, 2.05) is 4.57 Å². The van der Waals surface area contributed by atoms with Crippen LogP contribution in [0.1, 0.15) is 19.3 Å². The lowest BCUT2D eigenvalue weighted by atomic mass is 9.85. The first-order valence-corrected chi connectivity index (χ1v) is 6.18. The predicted octanol–water partition coefficient (Wildman–Crippen LogP) is 0.837. The van der Waals surface area contributed by atoms with Gasteiger partial charge in [0.05, 0.1) is 5.75 Å². The molecule has 1 saturated carbocycles. The van der Waals surface area contributed by atoms with Gasteiger partial charge in [0.15, 0.2) is 5.16 Å². The summed E-state index contributed by atoms with van der Waals surface area (Å²) < 4.78 is 1.82. The standard InChI is InChI=1S/C9H14N4O2S/c10-8-11-12-9(16-5-7(14)15)13(8)4-6-2-1-3-6/h6H,1-5H2,(H2,10,11)(H,14,15). The number of aliphatic carboxylic acids is 1. The molecule has 1 aromatic heterocycles. The lowest BCUT2D eigenvalue weighted by Crippen LogP contribution is -2.19. The Kier molecular flexibility index (Phi) is 3.33. The number of nitrogens with zero attached hydrogens (tertiary/aromatic N) is 3. The molecule has 7 heteroatoms. The van der Waals surface area contributed by atoms with Gasteiger partial charge < -0.3 is 10.8 Å². The first-order chi connectivity index (χ1) is 7.66. The van der Waals surface area contributed by atoms with Gasteiger partial charge in [0.1, 0.15) is 0 Å². The summed E-state index contributed by atoms with van der Waals surface area (Å²) in [5.41, 5.74) is 5.70. The zero-order chi connectivity index (χ0) is 11.5. The second-order valence-electron chi connectivity index (χ2n) is 3.93. The van der Waals surface area contributed by atoms with Crippen LogP contribution in [-0.2, 0) is 11.3 Å². The van der Waals surface area contributed by atoms with Crippen LogP contribution in [0, 0.1) is 5.92 Å². The van der Waals surface area contributed by atoms with Crippen LogP contribution in [0.4, 0.5) is 5.95 Å². The molecule has 0 aliphatic heterocycles. The maximum absolute atomic E-state index is 10.5. The molecule has 3 N–H and O–H groups in total. The molecule has 0 saturated heterocycles. The van der Waals surface area contributed by atoms with Crippen molar-refractivity contribution in [2.45, 2.75) is 31.0 Å². The topological polar surface area (TPSA) is 94.0 Å². The van der Waals surface area contributed by atoms with Gasteiger partial charge >= 0.3 is 5.97 Å². The Morgan fingerprint density at radius 2 is 2.31 bits per heavy atom. The summed E-state index contributed by atoms with van der Waals surface area (Å²) in [5, 5.41) is 16.9. The van der Waals surface area contributed by atoms with Crippen molar-refractivity contribution in [3.63, 3.8) is 0 Å². The van der Waals surface area contributed by atoms with Crippen molar-refractivity contribution in [1.29, 1.82) is 0 Å². The van der Waals surface area contributed by atoms with Crippen molar-refractivity contribution in [3.8, 4) is 0 Å². The van der Waals surface area contributed by atoms with E-state index >= 15 is 0 Å². The average molecular weight is 242 g/mol. The predicted molar refractivity (Wildman–Crippen MR) is 60.1 cm³/mol. The number of hydrogen-bond donors (Lipinski definition) is 2. The van der Waals surface area contributed by atoms with Crippen LogP contribution in [0.2, 0.25) is 0 Å². The molecule has 1 aromatic rings. The Morgan fingerprint density at radius 1 is 1.56 bits per heavy atom. The van der Waals surface area contributed by atoms with E-state index in [-0.39, 0.29) is 5.75 Å². The fourth-order valence-corrected chi connectivity index (χ4v) is 2.31. The monoisotopic (exact) mass is 242 g/mol. The van der Waals surface area contributed by atoms with E-state index < -0.39 is 5.97 Å². The first-order valence-electron chi connectivity index (χ1n) is 5.20. The fourth-order valence-electron chi connectivity index (χ4n) is 1.64. The van der Waals surface area contributed by atoms with Crippen LogP contribution in [-0.4, -0.2) is 31.6 Å². The number of rotatable bonds is 5. The summed E-state index contributed by atoms with van der Waals surface area (Å²) >= 11 is 1.16. The summed E-state index contributed by atoms with van der Waals surface area (Å²) in [6.07, 6.45) is 3.69. The summed E-state index contributed by atoms with van der Waals surface area (Å²) in [5.74, 6) is 0.145. The number of carboxylic acids is 1. The maximum atomic E-state index is 10.5. The van der Waals surface area contributed by atoms with Crippen molar-refractivity contribution in [2.75, 3.05) is 11.5 Å². The quantitative estimate of drug-likeness (QED) is 0.743. The molecule has 0 unspecified atom stereocenters. The fraction of sp³-hybridized carbons (Fsp3) is 0.667. The lowest BCUT2D eigenvalue weighted by Gasteiger charge is -2.26. The number of anilines is 1. The first kappa shape index (κ1) is 11.3. The third-order valence-corrected chi connectivity index (χ3v) is 3.69. The smallest absolute Gasteiger partial charge is 0.313 e. The van der Waals surface area contributed by atoms with E-state index in [4.69, 9.17) is 10.8 Å². The molecule has 1 fully saturated rings. The van der Waals surface area contributed by atoms with Crippen LogP contribution in [0.15, 0.2) is 5.16 Å². The minimum atomic E-state index is -0.859. The van der Waals surface area contributed by atoms with Crippen molar-refractivity contribution >= 4 is 23.7 Å².